The van der Waals surface area contributed by atoms with E-state index in [1.165, 1.54) is 0 Å². The zero-order valence-corrected chi connectivity index (χ0v) is 9.41. The Morgan fingerprint density at radius 3 is 1.67 bits per heavy atom. The molecule has 0 aromatic carbocycles. The molecule has 6 heavy (non-hydrogen) atoms. The second-order valence-electron chi connectivity index (χ2n) is 0.406. The van der Waals surface area contributed by atoms with Crippen LogP contribution in [-0.4, -0.2) is 10.5 Å². The third-order valence-electron chi connectivity index (χ3n) is 0.149. The van der Waals surface area contributed by atoms with E-state index in [0.717, 1.165) is 0 Å². The fourth-order valence-corrected chi connectivity index (χ4v) is 0. The summed E-state index contributed by atoms with van der Waals surface area (Å²) in [5.41, 5.74) is 0. The number of rotatable bonds is 1. The first-order chi connectivity index (χ1) is 2.27. The summed E-state index contributed by atoms with van der Waals surface area (Å²) >= 11 is -3.14. The van der Waals surface area contributed by atoms with Gasteiger partial charge in [-0.2, -0.15) is 0 Å². The molecule has 0 radical (unpaired) electrons. The Bertz CT molecular complexity index is 68.9. The van der Waals surface area contributed by atoms with E-state index in [1.54, 1.807) is 0 Å². The van der Waals surface area contributed by atoms with Gasteiger partial charge in [-0.05, 0) is 0 Å². The van der Waals surface area contributed by atoms with Crippen molar-refractivity contribution in [2.75, 3.05) is 0 Å². The summed E-state index contributed by atoms with van der Waals surface area (Å²) in [5, 5.41) is 0. The van der Waals surface area contributed by atoms with Gasteiger partial charge in [0.2, 0.25) is 0 Å². The topological polar surface area (TPSA) is 43.4 Å². The van der Waals surface area contributed by atoms with Crippen LogP contribution in [0.1, 0.15) is 0 Å². The van der Waals surface area contributed by atoms with Crippen LogP contribution in [0.25, 0.3) is 0 Å². The molecular weight excluding hydrogens is 311 g/mol. The number of hydrogen-bond donors (Lipinski definition) is 0. The van der Waals surface area contributed by atoms with Crippen LogP contribution in [0.3, 0.4) is 0 Å². The molecule has 6 heteroatoms. The van der Waals surface area contributed by atoms with Gasteiger partial charge in [0.05, 0.1) is 0 Å². The van der Waals surface area contributed by atoms with Crippen molar-refractivity contribution in [2.45, 2.75) is 0 Å². The number of hydrogen-bond acceptors (Lipinski definition) is 3. The van der Waals surface area contributed by atoms with Gasteiger partial charge in [-0.25, -0.2) is 0 Å². The van der Waals surface area contributed by atoms with Gasteiger partial charge >= 0.3 is 36.6 Å². The van der Waals surface area contributed by atoms with Crippen molar-refractivity contribution in [1.29, 1.82) is 0 Å². The third-order valence-corrected chi connectivity index (χ3v) is 1.84. The van der Waals surface area contributed by atoms with Gasteiger partial charge in [-0.1, -0.05) is 0 Å². The summed E-state index contributed by atoms with van der Waals surface area (Å²) in [6.45, 7) is 0. The normalized spacial score (nSPS) is 6.67. The van der Waals surface area contributed by atoms with Gasteiger partial charge < -0.3 is 0 Å². The predicted molar refractivity (Wildman–Crippen MR) is 12.4 cm³/mol. The minimum atomic E-state index is -3.14. The van der Waals surface area contributed by atoms with E-state index in [4.69, 9.17) is 0 Å². The summed E-state index contributed by atoms with van der Waals surface area (Å²) in [5.74, 6) is 0. The molecule has 0 aromatic rings. The zero-order chi connectivity index (χ0) is 4.28. The maximum Gasteiger partial charge on any atom is 0 e. The monoisotopic (exact) mass is 314 g/mol. The minimum absolute atomic E-state index is 0. The van der Waals surface area contributed by atoms with Crippen LogP contribution in [0.4, 0.5) is 0 Å². The first-order valence-corrected chi connectivity index (χ1v) is 3.48. The van der Waals surface area contributed by atoms with Gasteiger partial charge in [0, 0.05) is 21.1 Å². The molecule has 3 nitrogen and oxygen atoms in total. The molecular formula is H3O3SiVW. The molecule has 0 saturated carbocycles. The quantitative estimate of drug-likeness (QED) is 0.554. The van der Waals surface area contributed by atoms with Gasteiger partial charge in [0.1, 0.15) is 0 Å². The molecule has 0 saturated heterocycles. The van der Waals surface area contributed by atoms with Crippen LogP contribution in [0, 0.1) is 0 Å². The first-order valence-electron chi connectivity index (χ1n) is 0.956. The Kier molecular flexibility index (Phi) is 10.2. The fourth-order valence-electron chi connectivity index (χ4n) is 0. The first kappa shape index (κ1) is 10.1. The maximum absolute atomic E-state index is 9.30. The van der Waals surface area contributed by atoms with Crippen molar-refractivity contribution in [3.05, 3.63) is 0 Å². The second-order valence-corrected chi connectivity index (χ2v) is 3.18. The van der Waals surface area contributed by atoms with Crippen molar-refractivity contribution < 1.29 is 47.2 Å². The zero-order valence-electron chi connectivity index (χ0n) is 3.08. The van der Waals surface area contributed by atoms with Crippen LogP contribution in [0.15, 0.2) is 0 Å². The van der Waals surface area contributed by atoms with Gasteiger partial charge in [-0.15, -0.1) is 0 Å². The third kappa shape index (κ3) is 8.90. The Hall–Kier alpha value is 1.05. The molecule has 0 bridgehead atoms. The van der Waals surface area contributed by atoms with E-state index >= 15 is 0 Å². The van der Waals surface area contributed by atoms with Crippen molar-refractivity contribution in [3.8, 4) is 0 Å². The molecule has 0 spiro atoms. The Morgan fingerprint density at radius 2 is 1.67 bits per heavy atom. The largest absolute Gasteiger partial charge is 0 e. The summed E-state index contributed by atoms with van der Waals surface area (Å²) in [4.78, 5) is 0. The van der Waals surface area contributed by atoms with E-state index in [-0.39, 0.29) is 21.1 Å². The SMILES string of the molecule is [O]=[V](=[O])[O][SiH3].[W]. The molecule has 0 aromatic heterocycles. The Labute approximate surface area is 57.6 Å². The molecule has 36 valence electrons. The standard InChI is InChI=1S/H3OSi.2O.V.W/c1-2;;;;/h2H3;;;;/q-1;;;+1;. The average molecular weight is 314 g/mol. The predicted octanol–water partition coefficient (Wildman–Crippen LogP) is -1.49. The molecule has 0 aliphatic carbocycles. The summed E-state index contributed by atoms with van der Waals surface area (Å²) in [6, 6.07) is 0. The summed E-state index contributed by atoms with van der Waals surface area (Å²) in [7, 11) is 0.313. The van der Waals surface area contributed by atoms with Crippen molar-refractivity contribution in [2.24, 2.45) is 0 Å². The van der Waals surface area contributed by atoms with Gasteiger partial charge in [0.15, 0.2) is 0 Å². The molecule has 0 N–H and O–H groups in total. The molecule has 0 fully saturated rings. The van der Waals surface area contributed by atoms with Crippen LogP contribution in [0.2, 0.25) is 0 Å². The maximum atomic E-state index is 9.30. The molecule has 0 unspecified atom stereocenters. The molecule has 0 amide bonds. The van der Waals surface area contributed by atoms with Crippen molar-refractivity contribution in [3.63, 3.8) is 0 Å². The average Bonchev–Trinajstić information content (AvgIpc) is 1.38. The van der Waals surface area contributed by atoms with E-state index in [9.17, 15) is 7.35 Å². The minimum Gasteiger partial charge on any atom is 0 e. The van der Waals surface area contributed by atoms with Crippen LogP contribution in [-0.2, 0) is 47.2 Å². The van der Waals surface area contributed by atoms with Gasteiger partial charge in [0.25, 0.3) is 0 Å². The molecule has 0 aliphatic rings. The van der Waals surface area contributed by atoms with Crippen molar-refractivity contribution in [1.82, 2.24) is 0 Å². The summed E-state index contributed by atoms with van der Waals surface area (Å²) < 4.78 is 22.5. The summed E-state index contributed by atoms with van der Waals surface area (Å²) in [6.07, 6.45) is 0. The molecule has 0 atom stereocenters. The molecule has 0 aliphatic heterocycles. The van der Waals surface area contributed by atoms with Crippen LogP contribution in [0.5, 0.6) is 0 Å². The Morgan fingerprint density at radius 1 is 1.50 bits per heavy atom. The smallest absolute Gasteiger partial charge is 0 e. The van der Waals surface area contributed by atoms with Crippen LogP contribution < -0.4 is 0 Å². The van der Waals surface area contributed by atoms with Gasteiger partial charge in [-0.3, -0.25) is 0 Å². The fraction of sp³-hybridized carbons (Fsp3) is 0. The van der Waals surface area contributed by atoms with E-state index in [2.05, 4.69) is 3.35 Å². The van der Waals surface area contributed by atoms with E-state index in [1.807, 2.05) is 0 Å². The second kappa shape index (κ2) is 6.05. The van der Waals surface area contributed by atoms with Crippen LogP contribution >= 0.6 is 0 Å². The van der Waals surface area contributed by atoms with E-state index in [0.29, 0.717) is 10.5 Å². The molecule has 0 rings (SSSR count). The Balaban J connectivity index is 0. The van der Waals surface area contributed by atoms with E-state index < -0.39 is 15.4 Å². The molecule has 0 heterocycles. The van der Waals surface area contributed by atoms with Crippen molar-refractivity contribution >= 4 is 10.5 Å².